The topological polar surface area (TPSA) is 81.4 Å². The Morgan fingerprint density at radius 1 is 1.07 bits per heavy atom. The van der Waals surface area contributed by atoms with Crippen LogP contribution < -0.4 is 10.1 Å². The number of sulfone groups is 1. The first kappa shape index (κ1) is 17.3. The van der Waals surface area contributed by atoms with Crippen molar-refractivity contribution in [3.8, 4) is 5.75 Å². The maximum atomic E-state index is 13.4. The summed E-state index contributed by atoms with van der Waals surface area (Å²) in [7, 11) is -1.94. The molecule has 0 amide bonds. The number of rotatable bonds is 4. The van der Waals surface area contributed by atoms with Crippen molar-refractivity contribution < 1.29 is 22.0 Å². The van der Waals surface area contributed by atoms with Crippen molar-refractivity contribution in [2.24, 2.45) is 0 Å². The molecule has 0 spiro atoms. The molecule has 6 nitrogen and oxygen atoms in total. The Morgan fingerprint density at radius 3 is 2.63 bits per heavy atom. The van der Waals surface area contributed by atoms with E-state index in [1.807, 2.05) is 0 Å². The van der Waals surface area contributed by atoms with E-state index in [9.17, 15) is 12.8 Å². The van der Waals surface area contributed by atoms with E-state index < -0.39 is 9.84 Å². The molecule has 0 aliphatic rings. The van der Waals surface area contributed by atoms with Crippen LogP contribution in [0, 0.1) is 5.82 Å². The van der Waals surface area contributed by atoms with Gasteiger partial charge in [0.25, 0.3) is 0 Å². The van der Waals surface area contributed by atoms with Crippen LogP contribution in [0.5, 0.6) is 5.75 Å². The molecular weight excluding hydrogens is 371 g/mol. The van der Waals surface area contributed by atoms with Crippen molar-refractivity contribution in [2.75, 3.05) is 18.7 Å². The fourth-order valence-electron chi connectivity index (χ4n) is 2.85. The van der Waals surface area contributed by atoms with E-state index in [0.717, 1.165) is 17.0 Å². The van der Waals surface area contributed by atoms with Crippen molar-refractivity contribution in [1.82, 2.24) is 4.98 Å². The number of hydrogen-bond acceptors (Lipinski definition) is 6. The van der Waals surface area contributed by atoms with Crippen LogP contribution in [0.4, 0.5) is 15.9 Å². The lowest BCUT2D eigenvalue weighted by atomic mass is 10.2. The van der Waals surface area contributed by atoms with Crippen LogP contribution in [-0.4, -0.2) is 26.8 Å². The van der Waals surface area contributed by atoms with Gasteiger partial charge in [-0.3, -0.25) is 0 Å². The van der Waals surface area contributed by atoms with Crippen LogP contribution in [0.3, 0.4) is 0 Å². The Kier molecular flexibility index (Phi) is 4.00. The minimum Gasteiger partial charge on any atom is -0.497 e. The van der Waals surface area contributed by atoms with Crippen molar-refractivity contribution in [1.29, 1.82) is 0 Å². The molecule has 0 saturated carbocycles. The van der Waals surface area contributed by atoms with Gasteiger partial charge < -0.3 is 14.5 Å². The van der Waals surface area contributed by atoms with E-state index >= 15 is 0 Å². The average Bonchev–Trinajstić information content (AvgIpc) is 2.97. The highest BCUT2D eigenvalue weighted by Gasteiger charge is 2.13. The number of benzene rings is 2. The van der Waals surface area contributed by atoms with Crippen LogP contribution in [0.25, 0.3) is 21.9 Å². The number of furan rings is 1. The molecule has 0 bridgehead atoms. The molecule has 8 heteroatoms. The van der Waals surface area contributed by atoms with Gasteiger partial charge in [0.15, 0.2) is 15.4 Å². The molecule has 4 rings (SSSR count). The van der Waals surface area contributed by atoms with Crippen LogP contribution in [0.15, 0.2) is 58.0 Å². The van der Waals surface area contributed by atoms with E-state index in [0.29, 0.717) is 28.4 Å². The lowest BCUT2D eigenvalue weighted by molar-refractivity contribution is 0.413. The van der Waals surface area contributed by atoms with Gasteiger partial charge >= 0.3 is 0 Å². The van der Waals surface area contributed by atoms with Crippen molar-refractivity contribution in [3.63, 3.8) is 0 Å². The Morgan fingerprint density at radius 2 is 1.89 bits per heavy atom. The third-order valence-corrected chi connectivity index (χ3v) is 5.23. The van der Waals surface area contributed by atoms with E-state index in [1.165, 1.54) is 37.6 Å². The second-order valence-corrected chi connectivity index (χ2v) is 8.12. The molecule has 0 saturated heterocycles. The number of aromatic nitrogens is 1. The zero-order valence-electron chi connectivity index (χ0n) is 14.5. The van der Waals surface area contributed by atoms with Gasteiger partial charge in [0, 0.05) is 34.8 Å². The highest BCUT2D eigenvalue weighted by Crippen LogP contribution is 2.32. The van der Waals surface area contributed by atoms with E-state index in [-0.39, 0.29) is 10.7 Å². The maximum absolute atomic E-state index is 13.4. The molecule has 2 heterocycles. The summed E-state index contributed by atoms with van der Waals surface area (Å²) >= 11 is 0. The van der Waals surface area contributed by atoms with E-state index in [2.05, 4.69) is 10.3 Å². The smallest absolute Gasteiger partial charge is 0.175 e. The second-order valence-electron chi connectivity index (χ2n) is 6.10. The summed E-state index contributed by atoms with van der Waals surface area (Å²) in [6.45, 7) is 0. The molecule has 27 heavy (non-hydrogen) atoms. The van der Waals surface area contributed by atoms with Crippen LogP contribution in [-0.2, 0) is 9.84 Å². The summed E-state index contributed by atoms with van der Waals surface area (Å²) < 4.78 is 47.9. The number of ether oxygens (including phenoxy) is 1. The maximum Gasteiger partial charge on any atom is 0.175 e. The van der Waals surface area contributed by atoms with Crippen molar-refractivity contribution in [3.05, 3.63) is 54.5 Å². The Balaban J connectivity index is 1.78. The predicted octanol–water partition coefficient (Wildman–Crippen LogP) is 4.28. The van der Waals surface area contributed by atoms with Gasteiger partial charge in [0.1, 0.15) is 23.0 Å². The molecular formula is C19H15FN2O4S. The standard InChI is InChI=1S/C19H15FN2O4S/c1-25-13-6-12(7-14(8-13)27(2,23)24)22-19-9-16-15-4-3-11(20)5-17(15)26-18(16)10-21-19/h3-10H,1-2H3,(H,21,22). The number of methoxy groups -OCH3 is 1. The number of halogens is 1. The Hall–Kier alpha value is -3.13. The first-order chi connectivity index (χ1) is 12.8. The van der Waals surface area contributed by atoms with Gasteiger partial charge in [0.05, 0.1) is 18.2 Å². The predicted molar refractivity (Wildman–Crippen MR) is 101 cm³/mol. The number of nitrogens with zero attached hydrogens (tertiary/aromatic N) is 1. The van der Waals surface area contributed by atoms with Crippen LogP contribution >= 0.6 is 0 Å². The molecule has 4 aromatic rings. The normalized spacial score (nSPS) is 11.8. The number of hydrogen-bond donors (Lipinski definition) is 1. The van der Waals surface area contributed by atoms with Crippen molar-refractivity contribution >= 4 is 43.3 Å². The number of nitrogens with one attached hydrogen (secondary N) is 1. The fourth-order valence-corrected chi connectivity index (χ4v) is 3.52. The van der Waals surface area contributed by atoms with Crippen LogP contribution in [0.2, 0.25) is 0 Å². The van der Waals surface area contributed by atoms with Gasteiger partial charge in [0.2, 0.25) is 0 Å². The van der Waals surface area contributed by atoms with E-state index in [1.54, 1.807) is 18.2 Å². The average molecular weight is 386 g/mol. The van der Waals surface area contributed by atoms with Crippen molar-refractivity contribution in [2.45, 2.75) is 4.90 Å². The molecule has 2 aromatic heterocycles. The fraction of sp³-hybridized carbons (Fsp3) is 0.105. The molecule has 0 aliphatic carbocycles. The summed E-state index contributed by atoms with van der Waals surface area (Å²) in [5.74, 6) is 0.519. The Labute approximate surface area is 154 Å². The number of pyridine rings is 1. The SMILES string of the molecule is COc1cc(Nc2cc3c(cn2)oc2cc(F)ccc23)cc(S(C)(=O)=O)c1. The summed E-state index contributed by atoms with van der Waals surface area (Å²) in [5, 5.41) is 4.61. The number of anilines is 2. The zero-order valence-corrected chi connectivity index (χ0v) is 15.3. The van der Waals surface area contributed by atoms with Crippen LogP contribution in [0.1, 0.15) is 0 Å². The molecule has 0 radical (unpaired) electrons. The minimum absolute atomic E-state index is 0.134. The zero-order chi connectivity index (χ0) is 19.2. The second kappa shape index (κ2) is 6.24. The minimum atomic E-state index is -3.40. The molecule has 1 N–H and O–H groups in total. The summed E-state index contributed by atoms with van der Waals surface area (Å²) in [4.78, 5) is 4.41. The molecule has 0 aliphatic heterocycles. The molecule has 0 atom stereocenters. The quantitative estimate of drug-likeness (QED) is 0.564. The Bertz CT molecular complexity index is 1280. The monoisotopic (exact) mass is 386 g/mol. The van der Waals surface area contributed by atoms with E-state index in [4.69, 9.17) is 9.15 Å². The van der Waals surface area contributed by atoms with Gasteiger partial charge in [-0.1, -0.05) is 0 Å². The molecule has 138 valence electrons. The largest absolute Gasteiger partial charge is 0.497 e. The molecule has 2 aromatic carbocycles. The van der Waals surface area contributed by atoms with Gasteiger partial charge in [-0.25, -0.2) is 17.8 Å². The number of fused-ring (bicyclic) bond motifs is 3. The third kappa shape index (κ3) is 3.31. The highest BCUT2D eigenvalue weighted by atomic mass is 32.2. The first-order valence-corrected chi connectivity index (χ1v) is 9.86. The molecule has 0 fully saturated rings. The third-order valence-electron chi connectivity index (χ3n) is 4.14. The lowest BCUT2D eigenvalue weighted by Crippen LogP contribution is -2.00. The summed E-state index contributed by atoms with van der Waals surface area (Å²) in [6.07, 6.45) is 2.67. The summed E-state index contributed by atoms with van der Waals surface area (Å²) in [6, 6.07) is 10.7. The van der Waals surface area contributed by atoms with Gasteiger partial charge in [-0.15, -0.1) is 0 Å². The lowest BCUT2D eigenvalue weighted by Gasteiger charge is -2.10. The summed E-state index contributed by atoms with van der Waals surface area (Å²) in [5.41, 5.74) is 1.48. The first-order valence-electron chi connectivity index (χ1n) is 7.97. The van der Waals surface area contributed by atoms with Gasteiger partial charge in [-0.05, 0) is 30.3 Å². The highest BCUT2D eigenvalue weighted by molar-refractivity contribution is 7.90. The molecule has 0 unspecified atom stereocenters. The van der Waals surface area contributed by atoms with Gasteiger partial charge in [-0.2, -0.15) is 0 Å².